The highest BCUT2D eigenvalue weighted by atomic mass is 19.1. The van der Waals surface area contributed by atoms with Gasteiger partial charge >= 0.3 is 0 Å². The Morgan fingerprint density at radius 2 is 1.61 bits per heavy atom. The minimum atomic E-state index is -0.253. The van der Waals surface area contributed by atoms with Crippen molar-refractivity contribution in [1.29, 1.82) is 0 Å². The minimum Gasteiger partial charge on any atom is -0.369 e. The molecule has 1 aliphatic rings. The normalized spacial score (nSPS) is 14.5. The fourth-order valence-corrected chi connectivity index (χ4v) is 3.73. The summed E-state index contributed by atoms with van der Waals surface area (Å²) < 4.78 is 15.6. The van der Waals surface area contributed by atoms with Crippen molar-refractivity contribution in [2.75, 3.05) is 31.1 Å². The van der Waals surface area contributed by atoms with E-state index in [1.165, 1.54) is 17.8 Å². The number of nitrogens with zero attached hydrogens (tertiary/aromatic N) is 4. The standard InChI is InChI=1S/C22H20FN5/c23-17-3-1-16(2-4-17)22-26-20-6-5-19(27-13-11-25-12-14-27)15-21(20)28(22)18-7-9-24-10-8-18/h1-10,15,25H,11-14H2. The molecule has 140 valence electrons. The van der Waals surface area contributed by atoms with E-state index in [0.717, 1.165) is 54.3 Å². The van der Waals surface area contributed by atoms with Crippen molar-refractivity contribution in [3.63, 3.8) is 0 Å². The van der Waals surface area contributed by atoms with Crippen LogP contribution >= 0.6 is 0 Å². The number of nitrogens with one attached hydrogen (secondary N) is 1. The molecule has 0 atom stereocenters. The van der Waals surface area contributed by atoms with Gasteiger partial charge in [-0.15, -0.1) is 0 Å². The first kappa shape index (κ1) is 16.9. The van der Waals surface area contributed by atoms with Crippen LogP contribution in [0.4, 0.5) is 10.1 Å². The van der Waals surface area contributed by atoms with Gasteiger partial charge in [-0.05, 0) is 54.6 Å². The summed E-state index contributed by atoms with van der Waals surface area (Å²) >= 11 is 0. The Hall–Kier alpha value is -3.25. The van der Waals surface area contributed by atoms with Crippen molar-refractivity contribution < 1.29 is 4.39 Å². The molecule has 1 saturated heterocycles. The van der Waals surface area contributed by atoms with Gasteiger partial charge in [-0.3, -0.25) is 9.55 Å². The van der Waals surface area contributed by atoms with Crippen LogP contribution in [0, 0.1) is 5.82 Å². The van der Waals surface area contributed by atoms with E-state index in [1.807, 2.05) is 12.1 Å². The van der Waals surface area contributed by atoms with Crippen LogP contribution in [0.2, 0.25) is 0 Å². The number of anilines is 1. The maximum atomic E-state index is 13.4. The van der Waals surface area contributed by atoms with E-state index in [1.54, 1.807) is 24.5 Å². The zero-order chi connectivity index (χ0) is 18.9. The first-order valence-corrected chi connectivity index (χ1v) is 9.44. The van der Waals surface area contributed by atoms with Crippen LogP contribution < -0.4 is 10.2 Å². The number of piperazine rings is 1. The average Bonchev–Trinajstić information content (AvgIpc) is 3.14. The quantitative estimate of drug-likeness (QED) is 0.596. The molecule has 5 nitrogen and oxygen atoms in total. The molecule has 0 unspecified atom stereocenters. The van der Waals surface area contributed by atoms with Gasteiger partial charge < -0.3 is 10.2 Å². The van der Waals surface area contributed by atoms with Crippen molar-refractivity contribution in [2.45, 2.75) is 0 Å². The van der Waals surface area contributed by atoms with E-state index in [4.69, 9.17) is 4.98 Å². The first-order valence-electron chi connectivity index (χ1n) is 9.44. The summed E-state index contributed by atoms with van der Waals surface area (Å²) in [6, 6.07) is 16.8. The Morgan fingerprint density at radius 3 is 2.36 bits per heavy atom. The summed E-state index contributed by atoms with van der Waals surface area (Å²) in [5.41, 5.74) is 4.99. The highest BCUT2D eigenvalue weighted by Crippen LogP contribution is 2.31. The molecular weight excluding hydrogens is 353 g/mol. The second-order valence-corrected chi connectivity index (χ2v) is 6.89. The number of benzene rings is 2. The molecule has 28 heavy (non-hydrogen) atoms. The van der Waals surface area contributed by atoms with E-state index in [2.05, 4.69) is 38.0 Å². The summed E-state index contributed by atoms with van der Waals surface area (Å²) in [6.45, 7) is 3.95. The lowest BCUT2D eigenvalue weighted by Crippen LogP contribution is -2.43. The van der Waals surface area contributed by atoms with Crippen molar-refractivity contribution >= 4 is 16.7 Å². The van der Waals surface area contributed by atoms with Gasteiger partial charge in [0.15, 0.2) is 0 Å². The molecule has 4 aromatic rings. The largest absolute Gasteiger partial charge is 0.369 e. The summed E-state index contributed by atoms with van der Waals surface area (Å²) in [5.74, 6) is 0.537. The predicted molar refractivity (Wildman–Crippen MR) is 109 cm³/mol. The van der Waals surface area contributed by atoms with Gasteiger partial charge in [0, 0.05) is 49.8 Å². The van der Waals surface area contributed by atoms with Crippen LogP contribution in [0.5, 0.6) is 0 Å². The lowest BCUT2D eigenvalue weighted by molar-refractivity contribution is 0.589. The van der Waals surface area contributed by atoms with Crippen LogP contribution in [0.3, 0.4) is 0 Å². The Kier molecular flexibility index (Phi) is 4.25. The van der Waals surface area contributed by atoms with Gasteiger partial charge in [-0.25, -0.2) is 9.37 Å². The molecule has 2 aromatic carbocycles. The van der Waals surface area contributed by atoms with Gasteiger partial charge in [-0.1, -0.05) is 0 Å². The highest BCUT2D eigenvalue weighted by Gasteiger charge is 2.17. The molecule has 1 fully saturated rings. The number of imidazole rings is 1. The topological polar surface area (TPSA) is 46.0 Å². The number of rotatable bonds is 3. The fraction of sp³-hybridized carbons (Fsp3) is 0.182. The van der Waals surface area contributed by atoms with E-state index in [-0.39, 0.29) is 5.82 Å². The average molecular weight is 373 g/mol. The van der Waals surface area contributed by atoms with E-state index in [0.29, 0.717) is 0 Å². The van der Waals surface area contributed by atoms with E-state index < -0.39 is 0 Å². The second-order valence-electron chi connectivity index (χ2n) is 6.89. The first-order chi connectivity index (χ1) is 13.8. The molecule has 0 aliphatic carbocycles. The van der Waals surface area contributed by atoms with Crippen LogP contribution in [0.1, 0.15) is 0 Å². The molecule has 0 amide bonds. The molecule has 0 saturated carbocycles. The summed E-state index contributed by atoms with van der Waals surface area (Å²) in [6.07, 6.45) is 3.55. The molecule has 6 heteroatoms. The Bertz CT molecular complexity index is 1100. The van der Waals surface area contributed by atoms with Crippen LogP contribution in [0.15, 0.2) is 67.0 Å². The summed E-state index contributed by atoms with van der Waals surface area (Å²) in [4.78, 5) is 11.4. The van der Waals surface area contributed by atoms with Crippen LogP contribution in [-0.4, -0.2) is 40.7 Å². The highest BCUT2D eigenvalue weighted by molar-refractivity contribution is 5.86. The SMILES string of the molecule is Fc1ccc(-c2nc3ccc(N4CCNCC4)cc3n2-c2ccncc2)cc1. The molecule has 1 N–H and O–H groups in total. The van der Waals surface area contributed by atoms with Crippen molar-refractivity contribution in [1.82, 2.24) is 19.9 Å². The maximum Gasteiger partial charge on any atom is 0.145 e. The summed E-state index contributed by atoms with van der Waals surface area (Å²) in [7, 11) is 0. The third kappa shape index (κ3) is 3.01. The summed E-state index contributed by atoms with van der Waals surface area (Å²) in [5, 5.41) is 3.39. The molecular formula is C22H20FN5. The fourth-order valence-electron chi connectivity index (χ4n) is 3.73. The lowest BCUT2D eigenvalue weighted by atomic mass is 10.2. The van der Waals surface area contributed by atoms with Crippen molar-refractivity contribution in [3.05, 3.63) is 72.8 Å². The number of halogens is 1. The molecule has 3 heterocycles. The van der Waals surface area contributed by atoms with E-state index >= 15 is 0 Å². The van der Waals surface area contributed by atoms with Gasteiger partial charge in [0.2, 0.25) is 0 Å². The molecule has 0 radical (unpaired) electrons. The Morgan fingerprint density at radius 1 is 0.857 bits per heavy atom. The van der Waals surface area contributed by atoms with Gasteiger partial charge in [0.05, 0.1) is 16.7 Å². The van der Waals surface area contributed by atoms with Crippen LogP contribution in [-0.2, 0) is 0 Å². The van der Waals surface area contributed by atoms with Crippen LogP contribution in [0.25, 0.3) is 28.1 Å². The van der Waals surface area contributed by atoms with Gasteiger partial charge in [0.25, 0.3) is 0 Å². The smallest absolute Gasteiger partial charge is 0.145 e. The molecule has 1 aliphatic heterocycles. The van der Waals surface area contributed by atoms with Crippen molar-refractivity contribution in [3.8, 4) is 17.1 Å². The minimum absolute atomic E-state index is 0.253. The molecule has 0 spiro atoms. The number of hydrogen-bond donors (Lipinski definition) is 1. The molecule has 5 rings (SSSR count). The van der Waals surface area contributed by atoms with Gasteiger partial charge in [0.1, 0.15) is 11.6 Å². The second kappa shape index (κ2) is 7.05. The number of pyridine rings is 1. The number of aromatic nitrogens is 3. The van der Waals surface area contributed by atoms with E-state index in [9.17, 15) is 4.39 Å². The third-order valence-electron chi connectivity index (χ3n) is 5.14. The monoisotopic (exact) mass is 373 g/mol. The third-order valence-corrected chi connectivity index (χ3v) is 5.14. The Labute approximate surface area is 162 Å². The Balaban J connectivity index is 1.71. The molecule has 2 aromatic heterocycles. The number of hydrogen-bond acceptors (Lipinski definition) is 4. The maximum absolute atomic E-state index is 13.4. The number of fused-ring (bicyclic) bond motifs is 1. The predicted octanol–water partition coefficient (Wildman–Crippen LogP) is 3.64. The lowest BCUT2D eigenvalue weighted by Gasteiger charge is -2.29. The van der Waals surface area contributed by atoms with Crippen molar-refractivity contribution in [2.24, 2.45) is 0 Å². The zero-order valence-electron chi connectivity index (χ0n) is 15.3. The zero-order valence-corrected chi connectivity index (χ0v) is 15.3. The van der Waals surface area contributed by atoms with Gasteiger partial charge in [-0.2, -0.15) is 0 Å². The molecule has 0 bridgehead atoms.